The predicted molar refractivity (Wildman–Crippen MR) is 167 cm³/mol. The molecule has 0 saturated carbocycles. The Balaban J connectivity index is 0.000000842. The topological polar surface area (TPSA) is 346 Å². The molecule has 23 heteroatoms. The van der Waals surface area contributed by atoms with Gasteiger partial charge in [0.05, 0.1) is 12.8 Å². The van der Waals surface area contributed by atoms with Crippen molar-refractivity contribution in [2.75, 3.05) is 26.2 Å². The highest BCUT2D eigenvalue weighted by Gasteiger charge is 2.12. The lowest BCUT2D eigenvalue weighted by Gasteiger charge is -2.04. The highest BCUT2D eigenvalue weighted by molar-refractivity contribution is 7.14. The van der Waals surface area contributed by atoms with Gasteiger partial charge in [0.15, 0.2) is 11.9 Å². The van der Waals surface area contributed by atoms with Gasteiger partial charge in [0, 0.05) is 49.8 Å². The first kappa shape index (κ1) is 39.9. The van der Waals surface area contributed by atoms with Crippen LogP contribution in [0.1, 0.15) is 46.7 Å². The molecule has 0 fully saturated rings. The number of halogens is 1. The molecule has 0 atom stereocenters. The monoisotopic (exact) mass is 692 g/mol. The highest BCUT2D eigenvalue weighted by Crippen LogP contribution is 2.19. The van der Waals surface area contributed by atoms with E-state index in [4.69, 9.17) is 33.1 Å². The summed E-state index contributed by atoms with van der Waals surface area (Å²) in [5.41, 5.74) is 21.1. The van der Waals surface area contributed by atoms with Crippen molar-refractivity contribution in [3.63, 3.8) is 0 Å². The van der Waals surface area contributed by atoms with Gasteiger partial charge in [-0.1, -0.05) is 0 Å². The summed E-state index contributed by atoms with van der Waals surface area (Å²) in [5, 5.41) is 30.2. The number of carboxylic acid groups (broad SMARTS) is 2. The van der Waals surface area contributed by atoms with E-state index >= 15 is 0 Å². The molecule has 0 saturated heterocycles. The molecule has 0 unspecified atom stereocenters. The van der Waals surface area contributed by atoms with Gasteiger partial charge in [-0.05, 0) is 0 Å². The summed E-state index contributed by atoms with van der Waals surface area (Å²) in [6.45, 7) is 0.311. The minimum absolute atomic E-state index is 0. The van der Waals surface area contributed by atoms with Crippen molar-refractivity contribution >= 4 is 92.8 Å². The molecule has 2 aromatic heterocycles. The van der Waals surface area contributed by atoms with Crippen LogP contribution in [-0.2, 0) is 19.2 Å². The molecule has 4 amide bonds. The molecular formula is C22H33ClN12O8S2. The van der Waals surface area contributed by atoms with E-state index < -0.39 is 23.8 Å². The molecule has 0 radical (unpaired) electrons. The Morgan fingerprint density at radius 3 is 1.27 bits per heavy atom. The quantitative estimate of drug-likeness (QED) is 0.0668. The largest absolute Gasteiger partial charge is 0.481 e. The summed E-state index contributed by atoms with van der Waals surface area (Å²) in [5.74, 6) is -3.89. The van der Waals surface area contributed by atoms with Crippen molar-refractivity contribution in [2.24, 2.45) is 32.9 Å². The summed E-state index contributed by atoms with van der Waals surface area (Å²) in [6, 6.07) is 0. The average Bonchev–Trinajstić information content (AvgIpc) is 3.58. The fraction of sp³-hybridized carbons (Fsp3) is 0.364. The van der Waals surface area contributed by atoms with Crippen molar-refractivity contribution in [1.82, 2.24) is 31.2 Å². The van der Waals surface area contributed by atoms with Crippen LogP contribution >= 0.6 is 35.1 Å². The van der Waals surface area contributed by atoms with Crippen molar-refractivity contribution in [1.29, 1.82) is 0 Å². The second-order valence-corrected chi connectivity index (χ2v) is 9.78. The molecule has 20 nitrogen and oxygen atoms in total. The molecule has 14 N–H and O–H groups in total. The Morgan fingerprint density at radius 1 is 0.622 bits per heavy atom. The number of aromatic nitrogens is 2. The molecule has 0 aliphatic carbocycles. The number of hydrogen-bond donors (Lipinski definition) is 10. The molecule has 0 bridgehead atoms. The van der Waals surface area contributed by atoms with Crippen LogP contribution in [0.5, 0.6) is 0 Å². The number of aliphatic imine (C=N–C) groups is 2. The lowest BCUT2D eigenvalue weighted by molar-refractivity contribution is -0.138. The normalized spacial score (nSPS) is 9.60. The van der Waals surface area contributed by atoms with Crippen LogP contribution in [0.4, 0.5) is 10.3 Å². The number of amides is 4. The van der Waals surface area contributed by atoms with Crippen LogP contribution in [0.15, 0.2) is 20.7 Å². The Kier molecular flexibility index (Phi) is 19.1. The van der Waals surface area contributed by atoms with Gasteiger partial charge in [0.2, 0.25) is 22.1 Å². The third-order valence-electron chi connectivity index (χ3n) is 4.50. The highest BCUT2D eigenvalue weighted by atomic mass is 35.5. The standard InChI is InChI=1S/2C11H16N6O4S.ClH/c2*12-10(13)17-11-16-6(5-22-11)9(21)15-3-1-7(18)14-4-2-8(19)20;/h2*5H,1-4H2,(H,14,18)(H,15,21)(H,19,20)(H4,12,13,16,17);1H. The summed E-state index contributed by atoms with van der Waals surface area (Å²) in [6.07, 6.45) is -0.221. The molecular weight excluding hydrogens is 660 g/mol. The van der Waals surface area contributed by atoms with Crippen molar-refractivity contribution in [2.45, 2.75) is 25.7 Å². The van der Waals surface area contributed by atoms with Gasteiger partial charge in [-0.15, -0.1) is 35.1 Å². The molecule has 2 rings (SSSR count). The van der Waals surface area contributed by atoms with E-state index in [2.05, 4.69) is 41.2 Å². The Morgan fingerprint density at radius 2 is 0.956 bits per heavy atom. The van der Waals surface area contributed by atoms with Crippen LogP contribution in [0.3, 0.4) is 0 Å². The van der Waals surface area contributed by atoms with E-state index in [9.17, 15) is 28.8 Å². The van der Waals surface area contributed by atoms with Crippen LogP contribution < -0.4 is 44.2 Å². The SMILES string of the molecule is Cl.NC(N)=Nc1nc(C(=O)NCCC(=O)NCCC(=O)O)cs1.NC(N)=Nc1nc(C(=O)NCCC(=O)NCCC(=O)O)cs1. The minimum Gasteiger partial charge on any atom is -0.481 e. The first-order chi connectivity index (χ1) is 20.8. The molecule has 2 aromatic rings. The number of rotatable bonds is 16. The summed E-state index contributed by atoms with van der Waals surface area (Å²) in [7, 11) is 0. The number of thiazole rings is 2. The van der Waals surface area contributed by atoms with E-state index in [1.54, 1.807) is 0 Å². The molecule has 0 aliphatic rings. The Bertz CT molecular complexity index is 1270. The van der Waals surface area contributed by atoms with Gasteiger partial charge in [-0.2, -0.15) is 9.98 Å². The van der Waals surface area contributed by atoms with E-state index in [1.165, 1.54) is 10.8 Å². The molecule has 0 spiro atoms. The van der Waals surface area contributed by atoms with Crippen LogP contribution in [-0.4, -0.2) is 93.8 Å². The maximum atomic E-state index is 11.7. The first-order valence-electron chi connectivity index (χ1n) is 12.4. The second-order valence-electron chi connectivity index (χ2n) is 8.10. The van der Waals surface area contributed by atoms with Crippen LogP contribution in [0.2, 0.25) is 0 Å². The van der Waals surface area contributed by atoms with E-state index in [0.717, 1.165) is 22.7 Å². The number of nitrogens with zero attached hydrogens (tertiary/aromatic N) is 4. The maximum Gasteiger partial charge on any atom is 0.305 e. The number of hydrogen-bond acceptors (Lipinski definition) is 12. The van der Waals surface area contributed by atoms with Crippen LogP contribution in [0, 0.1) is 0 Å². The zero-order valence-corrected chi connectivity index (χ0v) is 25.9. The smallest absolute Gasteiger partial charge is 0.305 e. The van der Waals surface area contributed by atoms with Gasteiger partial charge in [-0.25, -0.2) is 9.97 Å². The van der Waals surface area contributed by atoms with E-state index in [-0.39, 0.29) is 110 Å². The summed E-state index contributed by atoms with van der Waals surface area (Å²) >= 11 is 2.21. The maximum absolute atomic E-state index is 11.7. The van der Waals surface area contributed by atoms with Crippen LogP contribution in [0.25, 0.3) is 0 Å². The minimum atomic E-state index is -0.992. The number of carboxylic acids is 2. The van der Waals surface area contributed by atoms with Gasteiger partial charge in [-0.3, -0.25) is 28.8 Å². The van der Waals surface area contributed by atoms with Gasteiger partial charge < -0.3 is 54.4 Å². The van der Waals surface area contributed by atoms with E-state index in [1.807, 2.05) is 0 Å². The third-order valence-corrected chi connectivity index (χ3v) is 5.97. The van der Waals surface area contributed by atoms with Crippen molar-refractivity contribution < 1.29 is 39.0 Å². The van der Waals surface area contributed by atoms with Gasteiger partial charge in [0.25, 0.3) is 11.8 Å². The predicted octanol–water partition coefficient (Wildman–Crippen LogP) is -2.06. The average molecular weight is 693 g/mol. The number of guanidine groups is 2. The molecule has 45 heavy (non-hydrogen) atoms. The number of carbonyl (C=O) groups excluding carboxylic acids is 4. The third kappa shape index (κ3) is 18.9. The van der Waals surface area contributed by atoms with Crippen molar-refractivity contribution in [3.05, 3.63) is 22.1 Å². The van der Waals surface area contributed by atoms with Gasteiger partial charge in [0.1, 0.15) is 11.4 Å². The Hall–Kier alpha value is -5.09. The zero-order chi connectivity index (χ0) is 33.1. The summed E-state index contributed by atoms with van der Waals surface area (Å²) < 4.78 is 0. The molecule has 0 aromatic carbocycles. The number of aliphatic carboxylic acids is 2. The van der Waals surface area contributed by atoms with Gasteiger partial charge >= 0.3 is 11.9 Å². The fourth-order valence-electron chi connectivity index (χ4n) is 2.62. The lowest BCUT2D eigenvalue weighted by Crippen LogP contribution is -2.31. The lowest BCUT2D eigenvalue weighted by atomic mass is 10.3. The van der Waals surface area contributed by atoms with E-state index in [0.29, 0.717) is 0 Å². The Labute approximate surface area is 269 Å². The molecule has 0 aliphatic heterocycles. The fourth-order valence-corrected chi connectivity index (χ4v) is 3.99. The molecule has 248 valence electrons. The zero-order valence-electron chi connectivity index (χ0n) is 23.5. The number of nitrogens with two attached hydrogens (primary N) is 4. The molecule has 2 heterocycles. The number of nitrogens with one attached hydrogen (secondary N) is 4. The first-order valence-corrected chi connectivity index (χ1v) is 14.2. The van der Waals surface area contributed by atoms with Crippen molar-refractivity contribution in [3.8, 4) is 0 Å². The summed E-state index contributed by atoms with van der Waals surface area (Å²) in [4.78, 5) is 82.0. The second kappa shape index (κ2) is 21.6. The number of carbonyl (C=O) groups is 6.